The maximum atomic E-state index is 12.9. The van der Waals surface area contributed by atoms with Crippen molar-refractivity contribution in [3.63, 3.8) is 0 Å². The number of amides is 1. The Morgan fingerprint density at radius 3 is 2.43 bits per heavy atom. The molecule has 0 bridgehead atoms. The first-order valence-electron chi connectivity index (χ1n) is 7.89. The monoisotopic (exact) mass is 307 g/mol. The maximum Gasteiger partial charge on any atom is 0.254 e. The first-order chi connectivity index (χ1) is 11.2. The molecule has 0 spiro atoms. The highest BCUT2D eigenvalue weighted by molar-refractivity contribution is 6.11. The SMILES string of the molecule is C=CCN1CCN(C(=O)c2ccc(C=N)c3ccccc23)CC1. The van der Waals surface area contributed by atoms with Crippen molar-refractivity contribution < 1.29 is 4.79 Å². The van der Waals surface area contributed by atoms with Crippen LogP contribution < -0.4 is 0 Å². The van der Waals surface area contributed by atoms with E-state index in [4.69, 9.17) is 5.41 Å². The third kappa shape index (κ3) is 3.03. The summed E-state index contributed by atoms with van der Waals surface area (Å²) in [4.78, 5) is 17.1. The number of benzene rings is 2. The van der Waals surface area contributed by atoms with Crippen molar-refractivity contribution in [2.75, 3.05) is 32.7 Å². The van der Waals surface area contributed by atoms with Crippen molar-refractivity contribution in [3.8, 4) is 0 Å². The van der Waals surface area contributed by atoms with Crippen LogP contribution in [-0.2, 0) is 0 Å². The van der Waals surface area contributed by atoms with Gasteiger partial charge in [-0.05, 0) is 22.4 Å². The van der Waals surface area contributed by atoms with Crippen LogP contribution in [0.25, 0.3) is 10.8 Å². The molecule has 0 saturated carbocycles. The molecule has 1 aliphatic heterocycles. The molecule has 1 aliphatic rings. The van der Waals surface area contributed by atoms with E-state index in [9.17, 15) is 4.79 Å². The molecule has 1 fully saturated rings. The number of piperazine rings is 1. The van der Waals surface area contributed by atoms with Crippen molar-refractivity contribution in [2.24, 2.45) is 0 Å². The van der Waals surface area contributed by atoms with E-state index in [1.54, 1.807) is 0 Å². The van der Waals surface area contributed by atoms with Gasteiger partial charge in [-0.25, -0.2) is 0 Å². The van der Waals surface area contributed by atoms with E-state index < -0.39 is 0 Å². The molecule has 0 radical (unpaired) electrons. The molecule has 2 aromatic rings. The second-order valence-corrected chi connectivity index (χ2v) is 5.77. The highest BCUT2D eigenvalue weighted by Gasteiger charge is 2.23. The average molecular weight is 307 g/mol. The zero-order chi connectivity index (χ0) is 16.2. The molecule has 1 heterocycles. The van der Waals surface area contributed by atoms with Gasteiger partial charge in [0.05, 0.1) is 0 Å². The van der Waals surface area contributed by atoms with Gasteiger partial charge in [0.15, 0.2) is 0 Å². The minimum atomic E-state index is 0.0796. The quantitative estimate of drug-likeness (QED) is 0.697. The summed E-state index contributed by atoms with van der Waals surface area (Å²) in [6.45, 7) is 7.89. The smallest absolute Gasteiger partial charge is 0.254 e. The Labute approximate surface area is 136 Å². The van der Waals surface area contributed by atoms with Gasteiger partial charge in [-0.1, -0.05) is 36.4 Å². The Morgan fingerprint density at radius 1 is 1.09 bits per heavy atom. The molecule has 4 nitrogen and oxygen atoms in total. The number of nitrogens with zero attached hydrogens (tertiary/aromatic N) is 2. The lowest BCUT2D eigenvalue weighted by molar-refractivity contribution is 0.0652. The van der Waals surface area contributed by atoms with Gasteiger partial charge in [0, 0.05) is 44.5 Å². The molecule has 1 saturated heterocycles. The lowest BCUT2D eigenvalue weighted by atomic mass is 9.99. The highest BCUT2D eigenvalue weighted by Crippen LogP contribution is 2.23. The Balaban J connectivity index is 1.87. The first-order valence-corrected chi connectivity index (χ1v) is 7.89. The third-order valence-electron chi connectivity index (χ3n) is 4.39. The second-order valence-electron chi connectivity index (χ2n) is 5.77. The standard InChI is InChI=1S/C19H21N3O/c1-2-9-21-10-12-22(13-11-21)19(23)18-8-7-15(14-20)16-5-3-4-6-17(16)18/h2-8,14,20H,1,9-13H2. The summed E-state index contributed by atoms with van der Waals surface area (Å²) in [5.41, 5.74) is 1.57. The van der Waals surface area contributed by atoms with Crippen LogP contribution >= 0.6 is 0 Å². The van der Waals surface area contributed by atoms with Gasteiger partial charge < -0.3 is 10.3 Å². The van der Waals surface area contributed by atoms with E-state index in [1.165, 1.54) is 6.21 Å². The Bertz CT molecular complexity index is 745. The largest absolute Gasteiger partial charge is 0.336 e. The van der Waals surface area contributed by atoms with Crippen LogP contribution in [0, 0.1) is 5.41 Å². The van der Waals surface area contributed by atoms with Crippen molar-refractivity contribution >= 4 is 22.9 Å². The number of carbonyl (C=O) groups is 1. The van der Waals surface area contributed by atoms with Gasteiger partial charge in [0.25, 0.3) is 5.91 Å². The number of carbonyl (C=O) groups excluding carboxylic acids is 1. The van der Waals surface area contributed by atoms with Crippen LogP contribution in [0.1, 0.15) is 15.9 Å². The van der Waals surface area contributed by atoms with E-state index in [0.29, 0.717) is 0 Å². The summed E-state index contributed by atoms with van der Waals surface area (Å²) in [5.74, 6) is 0.0796. The highest BCUT2D eigenvalue weighted by atomic mass is 16.2. The fraction of sp³-hybridized carbons (Fsp3) is 0.263. The van der Waals surface area contributed by atoms with Crippen LogP contribution in [0.3, 0.4) is 0 Å². The molecule has 1 N–H and O–H groups in total. The van der Waals surface area contributed by atoms with Gasteiger partial charge >= 0.3 is 0 Å². The summed E-state index contributed by atoms with van der Waals surface area (Å²) < 4.78 is 0. The Kier molecular flexibility index (Phi) is 4.53. The minimum absolute atomic E-state index is 0.0796. The van der Waals surface area contributed by atoms with Gasteiger partial charge in [-0.15, -0.1) is 6.58 Å². The number of hydrogen-bond acceptors (Lipinski definition) is 3. The van der Waals surface area contributed by atoms with Gasteiger partial charge in [-0.2, -0.15) is 0 Å². The van der Waals surface area contributed by atoms with Gasteiger partial charge in [0.2, 0.25) is 0 Å². The van der Waals surface area contributed by atoms with Crippen molar-refractivity contribution in [3.05, 3.63) is 60.2 Å². The number of nitrogens with one attached hydrogen (secondary N) is 1. The fourth-order valence-electron chi connectivity index (χ4n) is 3.12. The van der Waals surface area contributed by atoms with Crippen LogP contribution in [0.15, 0.2) is 49.1 Å². The van der Waals surface area contributed by atoms with E-state index >= 15 is 0 Å². The first kappa shape index (κ1) is 15.4. The van der Waals surface area contributed by atoms with Crippen LogP contribution in [0.5, 0.6) is 0 Å². The maximum absolute atomic E-state index is 12.9. The third-order valence-corrected chi connectivity index (χ3v) is 4.39. The van der Waals surface area contributed by atoms with E-state index in [2.05, 4.69) is 11.5 Å². The van der Waals surface area contributed by atoms with Crippen LogP contribution in [0.2, 0.25) is 0 Å². The van der Waals surface area contributed by atoms with E-state index in [0.717, 1.165) is 54.6 Å². The summed E-state index contributed by atoms with van der Waals surface area (Å²) in [6, 6.07) is 11.5. The Morgan fingerprint density at radius 2 is 1.78 bits per heavy atom. The van der Waals surface area contributed by atoms with Crippen molar-refractivity contribution in [1.29, 1.82) is 5.41 Å². The van der Waals surface area contributed by atoms with Crippen LogP contribution in [0.4, 0.5) is 0 Å². The van der Waals surface area contributed by atoms with E-state index in [1.807, 2.05) is 47.4 Å². The molecule has 118 valence electrons. The molecule has 4 heteroatoms. The van der Waals surface area contributed by atoms with Crippen molar-refractivity contribution in [2.45, 2.75) is 0 Å². The summed E-state index contributed by atoms with van der Waals surface area (Å²) in [6.07, 6.45) is 3.24. The molecule has 0 aromatic heterocycles. The normalized spacial score (nSPS) is 15.6. The molecule has 0 atom stereocenters. The van der Waals surface area contributed by atoms with E-state index in [-0.39, 0.29) is 5.91 Å². The summed E-state index contributed by atoms with van der Waals surface area (Å²) in [5, 5.41) is 9.41. The predicted octanol–water partition coefficient (Wildman–Crippen LogP) is 2.78. The molecular formula is C19H21N3O. The Hall–Kier alpha value is -2.46. The van der Waals surface area contributed by atoms with Gasteiger partial charge in [-0.3, -0.25) is 9.69 Å². The van der Waals surface area contributed by atoms with Crippen LogP contribution in [-0.4, -0.2) is 54.6 Å². The number of rotatable bonds is 4. The number of hydrogen-bond donors (Lipinski definition) is 1. The minimum Gasteiger partial charge on any atom is -0.336 e. The molecule has 0 aliphatic carbocycles. The summed E-state index contributed by atoms with van der Waals surface area (Å²) in [7, 11) is 0. The summed E-state index contributed by atoms with van der Waals surface area (Å²) >= 11 is 0. The van der Waals surface area contributed by atoms with Gasteiger partial charge in [0.1, 0.15) is 0 Å². The predicted molar refractivity (Wildman–Crippen MR) is 94.4 cm³/mol. The molecule has 0 unspecified atom stereocenters. The zero-order valence-corrected chi connectivity index (χ0v) is 13.2. The average Bonchev–Trinajstić information content (AvgIpc) is 2.61. The van der Waals surface area contributed by atoms with Crippen molar-refractivity contribution in [1.82, 2.24) is 9.80 Å². The zero-order valence-electron chi connectivity index (χ0n) is 13.2. The lowest BCUT2D eigenvalue weighted by Crippen LogP contribution is -2.48. The fourth-order valence-corrected chi connectivity index (χ4v) is 3.12. The lowest BCUT2D eigenvalue weighted by Gasteiger charge is -2.34. The molecular weight excluding hydrogens is 286 g/mol. The number of fused-ring (bicyclic) bond motifs is 1. The molecule has 1 amide bonds. The molecule has 3 rings (SSSR count). The molecule has 23 heavy (non-hydrogen) atoms. The molecule has 2 aromatic carbocycles. The second kappa shape index (κ2) is 6.75. The topological polar surface area (TPSA) is 47.4 Å².